The Balaban J connectivity index is 2.08. The Morgan fingerprint density at radius 2 is 2.15 bits per heavy atom. The molecule has 2 aromatic rings. The molecule has 1 heterocycles. The zero-order chi connectivity index (χ0) is 14.5. The molecule has 2 rings (SSSR count). The summed E-state index contributed by atoms with van der Waals surface area (Å²) >= 11 is 0. The Hall–Kier alpha value is -2.56. The highest BCUT2D eigenvalue weighted by Crippen LogP contribution is 2.18. The van der Waals surface area contributed by atoms with Crippen LogP contribution in [0.2, 0.25) is 0 Å². The summed E-state index contributed by atoms with van der Waals surface area (Å²) in [6, 6.07) is 8.77. The minimum absolute atomic E-state index is 0.290. The quantitative estimate of drug-likeness (QED) is 0.875. The van der Waals surface area contributed by atoms with Gasteiger partial charge in [-0.1, -0.05) is 0 Å². The Bertz CT molecular complexity index is 626. The standard InChI is InChI=1S/C15H16N2O3/c1-10-7-12(15(18)19)3-4-13(10)17-9-11-5-6-16-14(8-11)20-2/h3-8,17H,9H2,1-2H3,(H,18,19). The molecule has 0 amide bonds. The first-order chi connectivity index (χ1) is 9.60. The number of hydrogen-bond acceptors (Lipinski definition) is 4. The molecule has 0 radical (unpaired) electrons. The van der Waals surface area contributed by atoms with E-state index in [0.29, 0.717) is 18.0 Å². The van der Waals surface area contributed by atoms with E-state index in [4.69, 9.17) is 9.84 Å². The van der Waals surface area contributed by atoms with Crippen molar-refractivity contribution in [2.75, 3.05) is 12.4 Å². The van der Waals surface area contributed by atoms with Gasteiger partial charge in [-0.15, -0.1) is 0 Å². The van der Waals surface area contributed by atoms with Crippen LogP contribution in [0.25, 0.3) is 0 Å². The molecule has 2 N–H and O–H groups in total. The van der Waals surface area contributed by atoms with E-state index in [1.54, 1.807) is 31.5 Å². The Morgan fingerprint density at radius 3 is 2.80 bits per heavy atom. The van der Waals surface area contributed by atoms with Gasteiger partial charge in [0, 0.05) is 24.5 Å². The molecule has 0 saturated heterocycles. The van der Waals surface area contributed by atoms with Gasteiger partial charge in [-0.3, -0.25) is 0 Å². The molecule has 0 saturated carbocycles. The van der Waals surface area contributed by atoms with Crippen molar-refractivity contribution >= 4 is 11.7 Å². The number of ether oxygens (including phenoxy) is 1. The SMILES string of the molecule is COc1cc(CNc2ccc(C(=O)O)cc2C)ccn1. The summed E-state index contributed by atoms with van der Waals surface area (Å²) in [7, 11) is 1.58. The van der Waals surface area contributed by atoms with Crippen molar-refractivity contribution in [3.8, 4) is 5.88 Å². The van der Waals surface area contributed by atoms with E-state index < -0.39 is 5.97 Å². The van der Waals surface area contributed by atoms with Crippen molar-refractivity contribution in [2.45, 2.75) is 13.5 Å². The van der Waals surface area contributed by atoms with E-state index in [2.05, 4.69) is 10.3 Å². The van der Waals surface area contributed by atoms with Crippen LogP contribution in [0.15, 0.2) is 36.5 Å². The minimum atomic E-state index is -0.918. The van der Waals surface area contributed by atoms with Crippen LogP contribution in [0.4, 0.5) is 5.69 Å². The zero-order valence-corrected chi connectivity index (χ0v) is 11.4. The predicted molar refractivity (Wildman–Crippen MR) is 76.3 cm³/mol. The number of rotatable bonds is 5. The first kappa shape index (κ1) is 13.9. The van der Waals surface area contributed by atoms with Crippen molar-refractivity contribution in [1.29, 1.82) is 0 Å². The van der Waals surface area contributed by atoms with Gasteiger partial charge in [0.25, 0.3) is 0 Å². The molecule has 1 aromatic heterocycles. The van der Waals surface area contributed by atoms with Gasteiger partial charge in [0.1, 0.15) is 0 Å². The number of pyridine rings is 1. The van der Waals surface area contributed by atoms with E-state index in [1.807, 2.05) is 19.1 Å². The lowest BCUT2D eigenvalue weighted by molar-refractivity contribution is 0.0697. The fraction of sp³-hybridized carbons (Fsp3) is 0.200. The highest BCUT2D eigenvalue weighted by Gasteiger charge is 2.05. The molecule has 0 atom stereocenters. The average Bonchev–Trinajstić information content (AvgIpc) is 2.46. The topological polar surface area (TPSA) is 71.5 Å². The van der Waals surface area contributed by atoms with Crippen molar-refractivity contribution in [3.63, 3.8) is 0 Å². The van der Waals surface area contributed by atoms with Crippen molar-refractivity contribution < 1.29 is 14.6 Å². The number of benzene rings is 1. The second-order valence-electron chi connectivity index (χ2n) is 4.39. The maximum atomic E-state index is 10.9. The monoisotopic (exact) mass is 272 g/mol. The van der Waals surface area contributed by atoms with Gasteiger partial charge in [-0.25, -0.2) is 9.78 Å². The number of carboxylic acid groups (broad SMARTS) is 1. The van der Waals surface area contributed by atoms with Crippen LogP contribution in [0.5, 0.6) is 5.88 Å². The number of carbonyl (C=O) groups is 1. The van der Waals surface area contributed by atoms with E-state index in [-0.39, 0.29) is 0 Å². The van der Waals surface area contributed by atoms with Crippen molar-refractivity contribution in [1.82, 2.24) is 4.98 Å². The van der Waals surface area contributed by atoms with Crippen LogP contribution < -0.4 is 10.1 Å². The fourth-order valence-electron chi connectivity index (χ4n) is 1.86. The van der Waals surface area contributed by atoms with Gasteiger partial charge in [0.05, 0.1) is 12.7 Å². The fourth-order valence-corrected chi connectivity index (χ4v) is 1.86. The molecule has 0 unspecified atom stereocenters. The molecule has 104 valence electrons. The second kappa shape index (κ2) is 6.06. The van der Waals surface area contributed by atoms with Crippen LogP contribution >= 0.6 is 0 Å². The molecule has 5 nitrogen and oxygen atoms in total. The molecule has 0 aliphatic carbocycles. The molecule has 0 spiro atoms. The lowest BCUT2D eigenvalue weighted by Crippen LogP contribution is -2.03. The lowest BCUT2D eigenvalue weighted by Gasteiger charge is -2.10. The Kier molecular flexibility index (Phi) is 4.20. The van der Waals surface area contributed by atoms with Crippen molar-refractivity contribution in [3.05, 3.63) is 53.2 Å². The van der Waals surface area contributed by atoms with Gasteiger partial charge in [0.15, 0.2) is 0 Å². The lowest BCUT2D eigenvalue weighted by atomic mass is 10.1. The summed E-state index contributed by atoms with van der Waals surface area (Å²) < 4.78 is 5.07. The molecule has 0 fully saturated rings. The van der Waals surface area contributed by atoms with E-state index in [9.17, 15) is 4.79 Å². The summed E-state index contributed by atoms with van der Waals surface area (Å²) in [5.41, 5.74) is 3.13. The average molecular weight is 272 g/mol. The maximum Gasteiger partial charge on any atom is 0.335 e. The van der Waals surface area contributed by atoms with Gasteiger partial charge in [-0.2, -0.15) is 0 Å². The Morgan fingerprint density at radius 1 is 1.35 bits per heavy atom. The predicted octanol–water partition coefficient (Wildman–Crippen LogP) is 2.71. The summed E-state index contributed by atoms with van der Waals surface area (Å²) in [6.07, 6.45) is 1.69. The van der Waals surface area contributed by atoms with Crippen LogP contribution in [0, 0.1) is 6.92 Å². The number of hydrogen-bond donors (Lipinski definition) is 2. The largest absolute Gasteiger partial charge is 0.481 e. The molecule has 5 heteroatoms. The zero-order valence-electron chi connectivity index (χ0n) is 11.4. The number of anilines is 1. The highest BCUT2D eigenvalue weighted by atomic mass is 16.5. The molecule has 1 aromatic carbocycles. The normalized spacial score (nSPS) is 10.1. The molecule has 0 aliphatic rings. The minimum Gasteiger partial charge on any atom is -0.481 e. The molecule has 20 heavy (non-hydrogen) atoms. The number of carboxylic acids is 1. The number of aryl methyl sites for hydroxylation is 1. The van der Waals surface area contributed by atoms with Crippen LogP contribution in [0.1, 0.15) is 21.5 Å². The third kappa shape index (κ3) is 3.26. The van der Waals surface area contributed by atoms with E-state index >= 15 is 0 Å². The summed E-state index contributed by atoms with van der Waals surface area (Å²) in [5.74, 6) is -0.347. The summed E-state index contributed by atoms with van der Waals surface area (Å²) in [5, 5.41) is 12.2. The third-order valence-corrected chi connectivity index (χ3v) is 2.96. The van der Waals surface area contributed by atoms with Gasteiger partial charge < -0.3 is 15.2 Å². The van der Waals surface area contributed by atoms with Crippen molar-refractivity contribution in [2.24, 2.45) is 0 Å². The number of nitrogens with zero attached hydrogens (tertiary/aromatic N) is 1. The highest BCUT2D eigenvalue weighted by molar-refractivity contribution is 5.88. The van der Waals surface area contributed by atoms with E-state index in [0.717, 1.165) is 16.8 Å². The van der Waals surface area contributed by atoms with Crippen LogP contribution in [-0.4, -0.2) is 23.2 Å². The summed E-state index contributed by atoms with van der Waals surface area (Å²) in [4.78, 5) is 14.9. The number of aromatic nitrogens is 1. The maximum absolute atomic E-state index is 10.9. The van der Waals surface area contributed by atoms with Gasteiger partial charge in [0.2, 0.25) is 5.88 Å². The first-order valence-electron chi connectivity index (χ1n) is 6.17. The number of aromatic carboxylic acids is 1. The molecule has 0 aliphatic heterocycles. The Labute approximate surface area is 117 Å². The van der Waals surface area contributed by atoms with Crippen LogP contribution in [0.3, 0.4) is 0 Å². The number of methoxy groups -OCH3 is 1. The van der Waals surface area contributed by atoms with Gasteiger partial charge >= 0.3 is 5.97 Å². The van der Waals surface area contributed by atoms with Gasteiger partial charge in [-0.05, 0) is 42.3 Å². The second-order valence-corrected chi connectivity index (χ2v) is 4.39. The smallest absolute Gasteiger partial charge is 0.335 e. The third-order valence-electron chi connectivity index (χ3n) is 2.96. The number of nitrogens with one attached hydrogen (secondary N) is 1. The molecular formula is C15H16N2O3. The molecule has 0 bridgehead atoms. The van der Waals surface area contributed by atoms with E-state index in [1.165, 1.54) is 0 Å². The first-order valence-corrected chi connectivity index (χ1v) is 6.17. The molecular weight excluding hydrogens is 256 g/mol. The summed E-state index contributed by atoms with van der Waals surface area (Å²) in [6.45, 7) is 2.49. The van der Waals surface area contributed by atoms with Crippen LogP contribution in [-0.2, 0) is 6.54 Å².